The zero-order chi connectivity index (χ0) is 28.7. The highest BCUT2D eigenvalue weighted by atomic mass is 19.4. The van der Waals surface area contributed by atoms with Crippen molar-refractivity contribution >= 4 is 29.4 Å². The van der Waals surface area contributed by atoms with Gasteiger partial charge in [0.25, 0.3) is 5.91 Å². The molecule has 1 aliphatic heterocycles. The van der Waals surface area contributed by atoms with Crippen molar-refractivity contribution in [3.8, 4) is 0 Å². The van der Waals surface area contributed by atoms with Crippen molar-refractivity contribution in [3.05, 3.63) is 100 Å². The van der Waals surface area contributed by atoms with E-state index in [4.69, 9.17) is 0 Å². The van der Waals surface area contributed by atoms with Gasteiger partial charge in [-0.2, -0.15) is 13.2 Å². The minimum Gasteiger partial charge on any atom is -0.465 e. The van der Waals surface area contributed by atoms with Crippen molar-refractivity contribution < 1.29 is 41.5 Å². The van der Waals surface area contributed by atoms with E-state index >= 15 is 0 Å². The number of alkyl halides is 3. The van der Waals surface area contributed by atoms with Gasteiger partial charge < -0.3 is 9.64 Å². The van der Waals surface area contributed by atoms with E-state index in [1.165, 1.54) is 62.3 Å². The molecule has 1 fully saturated rings. The number of ketones is 1. The fourth-order valence-electron chi connectivity index (χ4n) is 4.18. The standard InChI is InChI=1S/C28H22F4N2O5/c1-27(2)25(37)34(20-12-13-22(29)21(14-20)28(30,31)32)26(38)33(27)15-16-4-6-17(7-5-16)23(35)18-8-10-19(11-9-18)24(36)39-3/h4-14H,15H2,1-3H3. The molecule has 1 heterocycles. The Hall–Kier alpha value is -4.54. The largest absolute Gasteiger partial charge is 0.465 e. The lowest BCUT2D eigenvalue weighted by atomic mass is 9.99. The number of rotatable bonds is 6. The Morgan fingerprint density at radius 2 is 1.41 bits per heavy atom. The van der Waals surface area contributed by atoms with Crippen LogP contribution in [0.1, 0.15) is 51.3 Å². The zero-order valence-corrected chi connectivity index (χ0v) is 21.0. The Morgan fingerprint density at radius 3 is 1.95 bits per heavy atom. The predicted octanol–water partition coefficient (Wildman–Crippen LogP) is 5.61. The molecule has 0 unspecified atom stereocenters. The van der Waals surface area contributed by atoms with Crippen molar-refractivity contribution in [3.63, 3.8) is 0 Å². The number of amides is 3. The Morgan fingerprint density at radius 1 is 0.872 bits per heavy atom. The summed E-state index contributed by atoms with van der Waals surface area (Å²) in [6.07, 6.45) is -5.01. The third-order valence-electron chi connectivity index (χ3n) is 6.46. The van der Waals surface area contributed by atoms with Gasteiger partial charge >= 0.3 is 18.2 Å². The van der Waals surface area contributed by atoms with Crippen molar-refractivity contribution in [2.24, 2.45) is 0 Å². The second-order valence-electron chi connectivity index (χ2n) is 9.33. The first-order valence-corrected chi connectivity index (χ1v) is 11.6. The average molecular weight is 542 g/mol. The number of methoxy groups -OCH3 is 1. The molecule has 1 aliphatic rings. The summed E-state index contributed by atoms with van der Waals surface area (Å²) in [6, 6.07) is 13.2. The summed E-state index contributed by atoms with van der Waals surface area (Å²) in [6.45, 7) is 2.83. The average Bonchev–Trinajstić information content (AvgIpc) is 3.07. The summed E-state index contributed by atoms with van der Waals surface area (Å²) in [5.41, 5.74) is -1.88. The first-order valence-electron chi connectivity index (χ1n) is 11.6. The minimum atomic E-state index is -5.01. The van der Waals surface area contributed by atoms with Crippen LogP contribution in [-0.4, -0.2) is 41.2 Å². The van der Waals surface area contributed by atoms with E-state index in [0.29, 0.717) is 39.3 Å². The Kier molecular flexibility index (Phi) is 7.03. The van der Waals surface area contributed by atoms with E-state index in [1.807, 2.05) is 0 Å². The van der Waals surface area contributed by atoms with Crippen LogP contribution < -0.4 is 4.90 Å². The molecule has 11 heteroatoms. The first kappa shape index (κ1) is 27.5. The fourth-order valence-corrected chi connectivity index (χ4v) is 4.18. The maximum atomic E-state index is 13.8. The summed E-state index contributed by atoms with van der Waals surface area (Å²) in [7, 11) is 1.25. The van der Waals surface area contributed by atoms with Crippen LogP contribution in [-0.2, 0) is 22.3 Å². The number of carbonyl (C=O) groups excluding carboxylic acids is 4. The molecule has 3 amide bonds. The molecule has 0 aromatic heterocycles. The molecule has 1 saturated heterocycles. The number of anilines is 1. The van der Waals surface area contributed by atoms with Gasteiger partial charge in [0.1, 0.15) is 11.4 Å². The van der Waals surface area contributed by atoms with Gasteiger partial charge in [0.2, 0.25) is 0 Å². The van der Waals surface area contributed by atoms with Crippen molar-refractivity contribution in [1.29, 1.82) is 0 Å². The number of hydrogen-bond donors (Lipinski definition) is 0. The summed E-state index contributed by atoms with van der Waals surface area (Å²) in [4.78, 5) is 52.5. The molecule has 202 valence electrons. The molecule has 7 nitrogen and oxygen atoms in total. The molecular weight excluding hydrogens is 520 g/mol. The van der Waals surface area contributed by atoms with Gasteiger partial charge in [-0.3, -0.25) is 9.59 Å². The topological polar surface area (TPSA) is 84.0 Å². The SMILES string of the molecule is COC(=O)c1ccc(C(=O)c2ccc(CN3C(=O)N(c4ccc(F)c(C(F)(F)F)c4)C(=O)C3(C)C)cc2)cc1. The lowest BCUT2D eigenvalue weighted by Crippen LogP contribution is -2.43. The van der Waals surface area contributed by atoms with Gasteiger partial charge in [-0.05, 0) is 49.7 Å². The van der Waals surface area contributed by atoms with E-state index < -0.39 is 46.7 Å². The third kappa shape index (κ3) is 5.12. The molecule has 4 rings (SSSR count). The predicted molar refractivity (Wildman–Crippen MR) is 132 cm³/mol. The maximum Gasteiger partial charge on any atom is 0.419 e. The smallest absolute Gasteiger partial charge is 0.419 e. The Bertz CT molecular complexity index is 1460. The molecule has 0 N–H and O–H groups in total. The van der Waals surface area contributed by atoms with Crippen molar-refractivity contribution in [2.75, 3.05) is 12.0 Å². The summed E-state index contributed by atoms with van der Waals surface area (Å²) < 4.78 is 58.0. The first-order chi connectivity index (χ1) is 18.3. The molecular formula is C28H22F4N2O5. The number of carbonyl (C=O) groups is 4. The van der Waals surface area contributed by atoms with Crippen LogP contribution in [0.4, 0.5) is 28.0 Å². The molecule has 0 atom stereocenters. The fraction of sp³-hybridized carbons (Fsp3) is 0.214. The highest BCUT2D eigenvalue weighted by Crippen LogP contribution is 2.38. The van der Waals surface area contributed by atoms with Gasteiger partial charge in [-0.25, -0.2) is 18.9 Å². The van der Waals surface area contributed by atoms with Gasteiger partial charge in [0.15, 0.2) is 5.78 Å². The van der Waals surface area contributed by atoms with E-state index in [-0.39, 0.29) is 12.3 Å². The van der Waals surface area contributed by atoms with Crippen LogP contribution >= 0.6 is 0 Å². The number of urea groups is 1. The molecule has 3 aromatic rings. The minimum absolute atomic E-state index is 0.0797. The number of esters is 1. The van der Waals surface area contributed by atoms with E-state index in [9.17, 15) is 36.7 Å². The van der Waals surface area contributed by atoms with Crippen LogP contribution in [0.2, 0.25) is 0 Å². The Balaban J connectivity index is 1.54. The molecule has 0 spiro atoms. The number of benzene rings is 3. The molecule has 3 aromatic carbocycles. The molecule has 0 radical (unpaired) electrons. The summed E-state index contributed by atoms with van der Waals surface area (Å²) in [5, 5.41) is 0. The normalized spacial score (nSPS) is 15.1. The number of imide groups is 1. The maximum absolute atomic E-state index is 13.8. The number of ether oxygens (including phenoxy) is 1. The van der Waals surface area contributed by atoms with E-state index in [1.54, 1.807) is 12.1 Å². The van der Waals surface area contributed by atoms with Crippen LogP contribution in [0, 0.1) is 5.82 Å². The van der Waals surface area contributed by atoms with Crippen molar-refractivity contribution in [1.82, 2.24) is 4.90 Å². The second kappa shape index (κ2) is 9.97. The lowest BCUT2D eigenvalue weighted by Gasteiger charge is -2.27. The van der Waals surface area contributed by atoms with Crippen LogP contribution in [0.15, 0.2) is 66.7 Å². The van der Waals surface area contributed by atoms with Gasteiger partial charge in [0.05, 0.1) is 23.9 Å². The highest BCUT2D eigenvalue weighted by Gasteiger charge is 2.52. The van der Waals surface area contributed by atoms with E-state index in [0.717, 1.165) is 6.07 Å². The molecule has 0 bridgehead atoms. The quantitative estimate of drug-likeness (QED) is 0.175. The van der Waals surface area contributed by atoms with Gasteiger partial charge in [-0.1, -0.05) is 36.4 Å². The van der Waals surface area contributed by atoms with Crippen LogP contribution in [0.25, 0.3) is 0 Å². The molecule has 0 aliphatic carbocycles. The summed E-state index contributed by atoms with van der Waals surface area (Å²) >= 11 is 0. The van der Waals surface area contributed by atoms with Gasteiger partial charge in [0, 0.05) is 17.7 Å². The number of halogens is 4. The van der Waals surface area contributed by atoms with Crippen molar-refractivity contribution in [2.45, 2.75) is 32.1 Å². The van der Waals surface area contributed by atoms with Crippen LogP contribution in [0.3, 0.4) is 0 Å². The lowest BCUT2D eigenvalue weighted by molar-refractivity contribution is -0.140. The van der Waals surface area contributed by atoms with Gasteiger partial charge in [-0.15, -0.1) is 0 Å². The zero-order valence-electron chi connectivity index (χ0n) is 21.0. The number of hydrogen-bond acceptors (Lipinski definition) is 5. The monoisotopic (exact) mass is 542 g/mol. The molecule has 39 heavy (non-hydrogen) atoms. The molecule has 0 saturated carbocycles. The van der Waals surface area contributed by atoms with E-state index in [2.05, 4.69) is 4.74 Å². The highest BCUT2D eigenvalue weighted by molar-refractivity contribution is 6.23. The van der Waals surface area contributed by atoms with Crippen LogP contribution in [0.5, 0.6) is 0 Å². The Labute approximate surface area is 220 Å². The number of nitrogens with zero attached hydrogens (tertiary/aromatic N) is 2. The summed E-state index contributed by atoms with van der Waals surface area (Å²) in [5.74, 6) is -3.13. The second-order valence-corrected chi connectivity index (χ2v) is 9.33. The third-order valence-corrected chi connectivity index (χ3v) is 6.46.